The van der Waals surface area contributed by atoms with Crippen LogP contribution in [0, 0.1) is 0 Å². The van der Waals surface area contributed by atoms with E-state index in [4.69, 9.17) is 15.5 Å². The standard InChI is InChI=1S/C16H23N3O/c1-3-8-19-14-6-5-12(11-17)10-13(14)18-15(19)16(2)7-4-9-20-16/h5-6,10H,3-4,7-9,11,17H2,1-2H3. The lowest BCUT2D eigenvalue weighted by Gasteiger charge is -2.23. The Labute approximate surface area is 119 Å². The Morgan fingerprint density at radius 2 is 2.30 bits per heavy atom. The van der Waals surface area contributed by atoms with Gasteiger partial charge < -0.3 is 15.0 Å². The Balaban J connectivity index is 2.16. The zero-order chi connectivity index (χ0) is 14.2. The molecule has 1 fully saturated rings. The summed E-state index contributed by atoms with van der Waals surface area (Å²) in [6.45, 7) is 6.73. The van der Waals surface area contributed by atoms with Crippen molar-refractivity contribution in [1.29, 1.82) is 0 Å². The van der Waals surface area contributed by atoms with Crippen molar-refractivity contribution in [3.8, 4) is 0 Å². The molecule has 1 saturated heterocycles. The molecule has 1 aromatic heterocycles. The molecular formula is C16H23N3O. The lowest BCUT2D eigenvalue weighted by atomic mass is 10.0. The number of rotatable bonds is 4. The molecule has 0 spiro atoms. The minimum Gasteiger partial charge on any atom is -0.367 e. The smallest absolute Gasteiger partial charge is 0.141 e. The summed E-state index contributed by atoms with van der Waals surface area (Å²) in [5.74, 6) is 1.07. The second kappa shape index (κ2) is 5.19. The molecule has 4 heteroatoms. The first-order valence-electron chi connectivity index (χ1n) is 7.51. The molecule has 4 nitrogen and oxygen atoms in total. The summed E-state index contributed by atoms with van der Waals surface area (Å²) in [4.78, 5) is 4.88. The molecule has 0 saturated carbocycles. The van der Waals surface area contributed by atoms with E-state index in [0.717, 1.165) is 49.3 Å². The van der Waals surface area contributed by atoms with Gasteiger partial charge in [0.1, 0.15) is 11.4 Å². The Kier molecular flexibility index (Phi) is 3.52. The van der Waals surface area contributed by atoms with Crippen molar-refractivity contribution in [3.63, 3.8) is 0 Å². The second-order valence-corrected chi connectivity index (χ2v) is 5.80. The van der Waals surface area contributed by atoms with Crippen LogP contribution in [0.5, 0.6) is 0 Å². The Morgan fingerprint density at radius 3 is 2.95 bits per heavy atom. The highest BCUT2D eigenvalue weighted by Gasteiger charge is 2.36. The van der Waals surface area contributed by atoms with Crippen LogP contribution in [0.25, 0.3) is 11.0 Å². The van der Waals surface area contributed by atoms with E-state index in [1.54, 1.807) is 0 Å². The van der Waals surface area contributed by atoms with E-state index < -0.39 is 0 Å². The predicted molar refractivity (Wildman–Crippen MR) is 80.5 cm³/mol. The highest BCUT2D eigenvalue weighted by molar-refractivity contribution is 5.77. The number of nitrogens with zero attached hydrogens (tertiary/aromatic N) is 2. The number of aryl methyl sites for hydroxylation is 1. The number of imidazole rings is 1. The van der Waals surface area contributed by atoms with Gasteiger partial charge in [-0.05, 0) is 43.9 Å². The molecule has 1 atom stereocenters. The fourth-order valence-electron chi connectivity index (χ4n) is 3.11. The molecular weight excluding hydrogens is 250 g/mol. The van der Waals surface area contributed by atoms with Crippen LogP contribution in [0.15, 0.2) is 18.2 Å². The predicted octanol–water partition coefficient (Wildman–Crippen LogP) is 2.93. The number of nitrogens with two attached hydrogens (primary N) is 1. The lowest BCUT2D eigenvalue weighted by Crippen LogP contribution is -2.25. The molecule has 1 aliphatic heterocycles. The summed E-state index contributed by atoms with van der Waals surface area (Å²) in [6.07, 6.45) is 3.25. The molecule has 0 amide bonds. The third kappa shape index (κ3) is 2.13. The van der Waals surface area contributed by atoms with E-state index in [9.17, 15) is 0 Å². The summed E-state index contributed by atoms with van der Waals surface area (Å²) >= 11 is 0. The Bertz CT molecular complexity index is 611. The van der Waals surface area contributed by atoms with Crippen LogP contribution >= 0.6 is 0 Å². The summed E-state index contributed by atoms with van der Waals surface area (Å²) in [7, 11) is 0. The lowest BCUT2D eigenvalue weighted by molar-refractivity contribution is 0.00687. The minimum absolute atomic E-state index is 0.239. The third-order valence-corrected chi connectivity index (χ3v) is 4.19. The first-order valence-corrected chi connectivity index (χ1v) is 7.51. The minimum atomic E-state index is -0.239. The van der Waals surface area contributed by atoms with Gasteiger partial charge in [-0.25, -0.2) is 4.98 Å². The van der Waals surface area contributed by atoms with Crippen molar-refractivity contribution in [2.24, 2.45) is 5.73 Å². The van der Waals surface area contributed by atoms with Gasteiger partial charge in [-0.3, -0.25) is 0 Å². The molecule has 0 bridgehead atoms. The molecule has 1 aromatic carbocycles. The maximum atomic E-state index is 5.99. The van der Waals surface area contributed by atoms with Crippen LogP contribution < -0.4 is 5.73 Å². The molecule has 0 aliphatic carbocycles. The summed E-state index contributed by atoms with van der Waals surface area (Å²) in [5, 5.41) is 0. The molecule has 1 unspecified atom stereocenters. The van der Waals surface area contributed by atoms with E-state index in [2.05, 4.69) is 36.6 Å². The fourth-order valence-corrected chi connectivity index (χ4v) is 3.11. The first kappa shape index (κ1) is 13.6. The van der Waals surface area contributed by atoms with E-state index in [-0.39, 0.29) is 5.60 Å². The van der Waals surface area contributed by atoms with Gasteiger partial charge in [-0.1, -0.05) is 13.0 Å². The SMILES string of the molecule is CCCn1c(C2(C)CCCO2)nc2cc(CN)ccc21. The number of aromatic nitrogens is 2. The van der Waals surface area contributed by atoms with Crippen LogP contribution in [-0.4, -0.2) is 16.2 Å². The average Bonchev–Trinajstić information content (AvgIpc) is 3.04. The highest BCUT2D eigenvalue weighted by Crippen LogP contribution is 2.36. The molecule has 20 heavy (non-hydrogen) atoms. The van der Waals surface area contributed by atoms with Gasteiger partial charge >= 0.3 is 0 Å². The normalized spacial score (nSPS) is 22.8. The van der Waals surface area contributed by atoms with Crippen LogP contribution in [-0.2, 0) is 23.4 Å². The number of benzene rings is 1. The van der Waals surface area contributed by atoms with Crippen LogP contribution in [0.1, 0.15) is 44.5 Å². The topological polar surface area (TPSA) is 53.1 Å². The molecule has 1 aliphatic rings. The van der Waals surface area contributed by atoms with Crippen molar-refractivity contribution < 1.29 is 4.74 Å². The monoisotopic (exact) mass is 273 g/mol. The van der Waals surface area contributed by atoms with Crippen molar-refractivity contribution >= 4 is 11.0 Å². The van der Waals surface area contributed by atoms with Crippen molar-refractivity contribution in [1.82, 2.24) is 9.55 Å². The zero-order valence-corrected chi connectivity index (χ0v) is 12.4. The quantitative estimate of drug-likeness (QED) is 0.932. The summed E-state index contributed by atoms with van der Waals surface area (Å²) in [6, 6.07) is 6.34. The highest BCUT2D eigenvalue weighted by atomic mass is 16.5. The van der Waals surface area contributed by atoms with E-state index >= 15 is 0 Å². The molecule has 2 aromatic rings. The van der Waals surface area contributed by atoms with Crippen molar-refractivity contribution in [3.05, 3.63) is 29.6 Å². The Morgan fingerprint density at radius 1 is 1.45 bits per heavy atom. The van der Waals surface area contributed by atoms with Crippen molar-refractivity contribution in [2.75, 3.05) is 6.61 Å². The zero-order valence-electron chi connectivity index (χ0n) is 12.4. The fraction of sp³-hybridized carbons (Fsp3) is 0.562. The average molecular weight is 273 g/mol. The van der Waals surface area contributed by atoms with E-state index in [1.165, 1.54) is 5.52 Å². The molecule has 108 valence electrons. The summed E-state index contributed by atoms with van der Waals surface area (Å²) < 4.78 is 8.31. The molecule has 0 radical (unpaired) electrons. The van der Waals surface area contributed by atoms with Crippen LogP contribution in [0.4, 0.5) is 0 Å². The second-order valence-electron chi connectivity index (χ2n) is 5.80. The third-order valence-electron chi connectivity index (χ3n) is 4.19. The summed E-state index contributed by atoms with van der Waals surface area (Å²) in [5.41, 5.74) is 8.85. The molecule has 2 N–H and O–H groups in total. The number of fused-ring (bicyclic) bond motifs is 1. The number of ether oxygens (including phenoxy) is 1. The first-order chi connectivity index (χ1) is 9.68. The van der Waals surface area contributed by atoms with Gasteiger partial charge in [-0.15, -0.1) is 0 Å². The van der Waals surface area contributed by atoms with Crippen molar-refractivity contribution in [2.45, 2.75) is 51.8 Å². The maximum absolute atomic E-state index is 5.99. The van der Waals surface area contributed by atoms with Gasteiger partial charge in [0.25, 0.3) is 0 Å². The van der Waals surface area contributed by atoms with E-state index in [1.807, 2.05) is 0 Å². The maximum Gasteiger partial charge on any atom is 0.141 e. The number of hydrogen-bond donors (Lipinski definition) is 1. The largest absolute Gasteiger partial charge is 0.367 e. The number of hydrogen-bond acceptors (Lipinski definition) is 3. The van der Waals surface area contributed by atoms with Crippen LogP contribution in [0.3, 0.4) is 0 Å². The van der Waals surface area contributed by atoms with Gasteiger partial charge in [-0.2, -0.15) is 0 Å². The van der Waals surface area contributed by atoms with Gasteiger partial charge in [0, 0.05) is 19.7 Å². The molecule has 3 rings (SSSR count). The van der Waals surface area contributed by atoms with Gasteiger partial charge in [0.2, 0.25) is 0 Å². The van der Waals surface area contributed by atoms with Gasteiger partial charge in [0.05, 0.1) is 11.0 Å². The van der Waals surface area contributed by atoms with Gasteiger partial charge in [0.15, 0.2) is 0 Å². The van der Waals surface area contributed by atoms with Crippen LogP contribution in [0.2, 0.25) is 0 Å². The molecule has 2 heterocycles. The Hall–Kier alpha value is -1.39. The van der Waals surface area contributed by atoms with E-state index in [0.29, 0.717) is 6.54 Å².